The Morgan fingerprint density at radius 2 is 2.23 bits per heavy atom. The van der Waals surface area contributed by atoms with E-state index in [4.69, 9.17) is 0 Å². The second kappa shape index (κ2) is 3.24. The lowest BCUT2D eigenvalue weighted by Gasteiger charge is -2.12. The largest absolute Gasteiger partial charge is 0.332 e. The van der Waals surface area contributed by atoms with Crippen molar-refractivity contribution >= 4 is 12.2 Å². The number of likely N-dealkylation sites (tertiary alicyclic amines) is 1. The molecule has 0 aromatic carbocycles. The number of amides is 1. The van der Waals surface area contributed by atoms with Crippen molar-refractivity contribution in [2.75, 3.05) is 13.1 Å². The molecule has 1 aliphatic heterocycles. The molecule has 72 valence electrons. The third-order valence-corrected chi connectivity index (χ3v) is 2.01. The number of carbonyl (C=O) groups is 2. The first kappa shape index (κ1) is 9.83. The van der Waals surface area contributed by atoms with Crippen LogP contribution >= 0.6 is 0 Å². The Balaban J connectivity index is 2.74. The highest BCUT2D eigenvalue weighted by molar-refractivity contribution is 5.87. The van der Waals surface area contributed by atoms with Crippen LogP contribution in [0.4, 0.5) is 8.78 Å². The maximum Gasteiger partial charge on any atom is 0.276 e. The fourth-order valence-corrected chi connectivity index (χ4v) is 1.25. The summed E-state index contributed by atoms with van der Waals surface area (Å²) < 4.78 is 25.8. The summed E-state index contributed by atoms with van der Waals surface area (Å²) in [6.45, 7) is 2.27. The van der Waals surface area contributed by atoms with E-state index in [9.17, 15) is 18.4 Å². The molecule has 0 saturated carbocycles. The van der Waals surface area contributed by atoms with Gasteiger partial charge in [0.15, 0.2) is 0 Å². The van der Waals surface area contributed by atoms with Crippen molar-refractivity contribution in [1.29, 1.82) is 0 Å². The van der Waals surface area contributed by atoms with E-state index in [0.29, 0.717) is 0 Å². The molecule has 0 aromatic rings. The molecule has 0 spiro atoms. The van der Waals surface area contributed by atoms with Crippen molar-refractivity contribution in [2.24, 2.45) is 5.92 Å². The Kier molecular flexibility index (Phi) is 2.45. The second-order valence-electron chi connectivity index (χ2n) is 2.93. The zero-order valence-electron chi connectivity index (χ0n) is 6.87. The van der Waals surface area contributed by atoms with E-state index < -0.39 is 24.3 Å². The normalized spacial score (nSPS) is 25.7. The highest BCUT2D eigenvalue weighted by atomic mass is 19.3. The number of nitrogens with zero attached hydrogens (tertiary/aromatic N) is 1. The molecular formula is C8H9F2NO2. The smallest absolute Gasteiger partial charge is 0.276 e. The summed E-state index contributed by atoms with van der Waals surface area (Å²) in [6, 6.07) is 0. The van der Waals surface area contributed by atoms with Crippen LogP contribution in [0, 0.1) is 5.92 Å². The van der Waals surface area contributed by atoms with Crippen LogP contribution in [0.3, 0.4) is 0 Å². The first-order valence-electron chi connectivity index (χ1n) is 3.75. The lowest BCUT2D eigenvalue weighted by molar-refractivity contribution is -0.126. The van der Waals surface area contributed by atoms with Gasteiger partial charge in [-0.05, 0) is 6.08 Å². The molecule has 1 amide bonds. The van der Waals surface area contributed by atoms with Gasteiger partial charge >= 0.3 is 0 Å². The number of rotatable bonds is 2. The Hall–Kier alpha value is -1.26. The van der Waals surface area contributed by atoms with Gasteiger partial charge in [-0.2, -0.15) is 0 Å². The quantitative estimate of drug-likeness (QED) is 0.467. The summed E-state index contributed by atoms with van der Waals surface area (Å²) in [5, 5.41) is 0. The standard InChI is InChI=1S/C8H9F2NO2/c1-2-7(13)11-3-6(4-12)8(9,10)5-11/h2,4,6H,1,3,5H2. The van der Waals surface area contributed by atoms with E-state index in [1.807, 2.05) is 0 Å². The minimum atomic E-state index is -3.10. The van der Waals surface area contributed by atoms with Crippen LogP contribution in [0.1, 0.15) is 0 Å². The Labute approximate surface area is 74.0 Å². The summed E-state index contributed by atoms with van der Waals surface area (Å²) in [7, 11) is 0. The first-order valence-corrected chi connectivity index (χ1v) is 3.75. The third kappa shape index (κ3) is 1.74. The number of carbonyl (C=O) groups excluding carboxylic acids is 2. The minimum absolute atomic E-state index is 0.191. The molecule has 5 heteroatoms. The van der Waals surface area contributed by atoms with E-state index in [0.717, 1.165) is 11.0 Å². The number of alkyl halides is 2. The van der Waals surface area contributed by atoms with E-state index in [2.05, 4.69) is 6.58 Å². The molecule has 0 aliphatic carbocycles. The van der Waals surface area contributed by atoms with Gasteiger partial charge in [0.05, 0.1) is 12.5 Å². The summed E-state index contributed by atoms with van der Waals surface area (Å²) in [6.07, 6.45) is 1.15. The molecule has 13 heavy (non-hydrogen) atoms. The van der Waals surface area contributed by atoms with Crippen LogP contribution < -0.4 is 0 Å². The average molecular weight is 189 g/mol. The monoisotopic (exact) mass is 189 g/mol. The SMILES string of the molecule is C=CC(=O)N1CC(C=O)C(F)(F)C1. The van der Waals surface area contributed by atoms with Crippen molar-refractivity contribution in [3.63, 3.8) is 0 Å². The van der Waals surface area contributed by atoms with Crippen molar-refractivity contribution in [3.05, 3.63) is 12.7 Å². The lowest BCUT2D eigenvalue weighted by atomic mass is 10.1. The molecule has 1 rings (SSSR count). The molecule has 3 nitrogen and oxygen atoms in total. The van der Waals surface area contributed by atoms with Crippen molar-refractivity contribution in [3.8, 4) is 0 Å². The molecule has 0 aromatic heterocycles. The predicted molar refractivity (Wildman–Crippen MR) is 41.3 cm³/mol. The summed E-state index contributed by atoms with van der Waals surface area (Å²) in [5.74, 6) is -5.04. The molecule has 1 saturated heterocycles. The van der Waals surface area contributed by atoms with E-state index in [-0.39, 0.29) is 12.8 Å². The van der Waals surface area contributed by atoms with Crippen LogP contribution in [0.15, 0.2) is 12.7 Å². The van der Waals surface area contributed by atoms with Crippen LogP contribution in [0.2, 0.25) is 0 Å². The summed E-state index contributed by atoms with van der Waals surface area (Å²) in [4.78, 5) is 22.1. The van der Waals surface area contributed by atoms with Crippen molar-refractivity contribution in [2.45, 2.75) is 5.92 Å². The zero-order valence-corrected chi connectivity index (χ0v) is 6.87. The molecule has 1 fully saturated rings. The summed E-state index contributed by atoms with van der Waals surface area (Å²) >= 11 is 0. The second-order valence-corrected chi connectivity index (χ2v) is 2.93. The van der Waals surface area contributed by atoms with Gasteiger partial charge < -0.3 is 9.69 Å². The van der Waals surface area contributed by atoms with E-state index in [1.165, 1.54) is 0 Å². The minimum Gasteiger partial charge on any atom is -0.332 e. The number of hydrogen-bond acceptors (Lipinski definition) is 2. The highest BCUT2D eigenvalue weighted by Crippen LogP contribution is 2.31. The topological polar surface area (TPSA) is 37.4 Å². The highest BCUT2D eigenvalue weighted by Gasteiger charge is 2.48. The van der Waals surface area contributed by atoms with E-state index >= 15 is 0 Å². The Morgan fingerprint density at radius 3 is 2.62 bits per heavy atom. The van der Waals surface area contributed by atoms with Gasteiger partial charge in [0, 0.05) is 6.54 Å². The van der Waals surface area contributed by atoms with Gasteiger partial charge in [-0.1, -0.05) is 6.58 Å². The van der Waals surface area contributed by atoms with Gasteiger partial charge in [-0.25, -0.2) is 8.78 Å². The number of halogens is 2. The maximum atomic E-state index is 12.9. The van der Waals surface area contributed by atoms with Gasteiger partial charge in [-0.3, -0.25) is 4.79 Å². The van der Waals surface area contributed by atoms with Gasteiger partial charge in [0.1, 0.15) is 6.29 Å². The molecular weight excluding hydrogens is 180 g/mol. The molecule has 1 heterocycles. The predicted octanol–water partition coefficient (Wildman–Crippen LogP) is 0.465. The van der Waals surface area contributed by atoms with Crippen LogP contribution in [0.25, 0.3) is 0 Å². The zero-order chi connectivity index (χ0) is 10.1. The first-order chi connectivity index (χ1) is 6.01. The Morgan fingerprint density at radius 1 is 1.62 bits per heavy atom. The fraction of sp³-hybridized carbons (Fsp3) is 0.500. The number of hydrogen-bond donors (Lipinski definition) is 0. The van der Waals surface area contributed by atoms with E-state index in [1.54, 1.807) is 0 Å². The summed E-state index contributed by atoms with van der Waals surface area (Å²) in [5.41, 5.74) is 0. The molecule has 1 atom stereocenters. The fourth-order valence-electron chi connectivity index (χ4n) is 1.25. The molecule has 0 bridgehead atoms. The maximum absolute atomic E-state index is 12.9. The molecule has 0 N–H and O–H groups in total. The van der Waals surface area contributed by atoms with Crippen molar-refractivity contribution in [1.82, 2.24) is 4.90 Å². The van der Waals surface area contributed by atoms with Gasteiger partial charge in [0.2, 0.25) is 5.91 Å². The van der Waals surface area contributed by atoms with Crippen molar-refractivity contribution < 1.29 is 18.4 Å². The lowest BCUT2D eigenvalue weighted by Crippen LogP contribution is -2.30. The molecule has 0 radical (unpaired) electrons. The average Bonchev–Trinajstić information content (AvgIpc) is 2.39. The number of aldehydes is 1. The van der Waals surface area contributed by atoms with Crippen LogP contribution in [-0.4, -0.2) is 36.1 Å². The van der Waals surface area contributed by atoms with Gasteiger partial charge in [-0.15, -0.1) is 0 Å². The van der Waals surface area contributed by atoms with Gasteiger partial charge in [0.25, 0.3) is 5.92 Å². The van der Waals surface area contributed by atoms with Crippen LogP contribution in [-0.2, 0) is 9.59 Å². The molecule has 1 unspecified atom stereocenters. The third-order valence-electron chi connectivity index (χ3n) is 2.01. The molecule has 1 aliphatic rings. The Bertz CT molecular complexity index is 253. The van der Waals surface area contributed by atoms with Crippen LogP contribution in [0.5, 0.6) is 0 Å².